The van der Waals surface area contributed by atoms with Gasteiger partial charge in [-0.1, -0.05) is 55.3 Å². The first-order valence-electron chi connectivity index (χ1n) is 15.6. The van der Waals surface area contributed by atoms with Gasteiger partial charge in [0.25, 0.3) is 0 Å². The van der Waals surface area contributed by atoms with E-state index in [-0.39, 0.29) is 21.1 Å². The summed E-state index contributed by atoms with van der Waals surface area (Å²) in [5, 5.41) is 7.26. The largest absolute Gasteiger partial charge is 2.00 e. The second-order valence-corrected chi connectivity index (χ2v) is 11.8. The first-order chi connectivity index (χ1) is 21.9. The van der Waals surface area contributed by atoms with E-state index in [9.17, 15) is 0 Å². The van der Waals surface area contributed by atoms with Crippen LogP contribution >= 0.6 is 0 Å². The molecule has 6 heteroatoms. The Hall–Kier alpha value is -4.47. The van der Waals surface area contributed by atoms with Crippen LogP contribution in [0.3, 0.4) is 0 Å². The molecule has 0 aliphatic carbocycles. The van der Waals surface area contributed by atoms with E-state index in [2.05, 4.69) is 107 Å². The second-order valence-electron chi connectivity index (χ2n) is 11.8. The zero-order valence-corrected chi connectivity index (χ0v) is 29.3. The third-order valence-corrected chi connectivity index (χ3v) is 8.64. The topological polar surface area (TPSA) is 44.9 Å². The molecule has 0 amide bonds. The number of nitrogens with zero attached hydrogens (tertiary/aromatic N) is 4. The van der Waals surface area contributed by atoms with E-state index >= 15 is 0 Å². The average Bonchev–Trinajstić information content (AvgIpc) is 3.53. The minimum atomic E-state index is 0. The van der Waals surface area contributed by atoms with Gasteiger partial charge in [-0.15, -0.1) is 35.7 Å². The van der Waals surface area contributed by atoms with Crippen LogP contribution in [0.5, 0.6) is 11.5 Å². The zero-order valence-electron chi connectivity index (χ0n) is 27.0. The van der Waals surface area contributed by atoms with Crippen molar-refractivity contribution in [2.24, 2.45) is 0 Å². The third-order valence-electron chi connectivity index (χ3n) is 8.64. The van der Waals surface area contributed by atoms with Crippen LogP contribution in [-0.2, 0) is 33.9 Å². The minimum absolute atomic E-state index is 0. The number of aromatic nitrogens is 4. The Balaban J connectivity index is 0.00000372. The summed E-state index contributed by atoms with van der Waals surface area (Å²) in [6.07, 6.45) is 3.80. The van der Waals surface area contributed by atoms with E-state index in [1.54, 1.807) is 0 Å². The van der Waals surface area contributed by atoms with Crippen LogP contribution in [0.15, 0.2) is 85.1 Å². The molecule has 0 saturated heterocycles. The van der Waals surface area contributed by atoms with Crippen LogP contribution in [0.2, 0.25) is 0 Å². The van der Waals surface area contributed by atoms with Crippen molar-refractivity contribution < 1.29 is 25.8 Å². The number of fused-ring (bicyclic) bond motifs is 3. The molecule has 7 rings (SSSR count). The summed E-state index contributed by atoms with van der Waals surface area (Å²) in [6, 6.07) is 34.2. The predicted molar refractivity (Wildman–Crippen MR) is 183 cm³/mol. The zero-order chi connectivity index (χ0) is 31.2. The third kappa shape index (κ3) is 5.47. The maximum absolute atomic E-state index is 6.42. The Morgan fingerprint density at radius 1 is 0.717 bits per heavy atom. The van der Waals surface area contributed by atoms with Crippen LogP contribution in [0.25, 0.3) is 44.4 Å². The van der Waals surface area contributed by atoms with Crippen molar-refractivity contribution in [3.8, 4) is 34.1 Å². The van der Waals surface area contributed by atoms with E-state index in [4.69, 9.17) is 14.8 Å². The fraction of sp³-hybridized carbons (Fsp3) is 0.200. The van der Waals surface area contributed by atoms with Gasteiger partial charge in [0.1, 0.15) is 5.82 Å². The Labute approximate surface area is 285 Å². The molecule has 0 fully saturated rings. The van der Waals surface area contributed by atoms with Gasteiger partial charge in [-0.25, -0.2) is 4.98 Å². The van der Waals surface area contributed by atoms with Crippen molar-refractivity contribution in [3.63, 3.8) is 0 Å². The molecule has 0 atom stereocenters. The molecular weight excluding hydrogens is 748 g/mol. The van der Waals surface area contributed by atoms with Gasteiger partial charge in [0.2, 0.25) is 0 Å². The molecule has 5 nitrogen and oxygen atoms in total. The van der Waals surface area contributed by atoms with Crippen LogP contribution in [0, 0.1) is 39.8 Å². The van der Waals surface area contributed by atoms with Gasteiger partial charge in [0.05, 0.1) is 5.69 Å². The standard InChI is InChI=1S/C40H36N4O.Pt/c1-7-29-20-26(4)21-30(8-2)40(29)39-27(5)42-44(28(39)6)31-12-11-13-32(23-31)45-33-16-17-35-34-14-9-10-15-36(34)43(37(35)24-33)38-22-25(3)18-19-41-38;/h9-22H,7-8H2,1-6H3;/q-2;+2. The van der Waals surface area contributed by atoms with Gasteiger partial charge < -0.3 is 9.30 Å². The molecule has 232 valence electrons. The summed E-state index contributed by atoms with van der Waals surface area (Å²) in [7, 11) is 0. The maximum Gasteiger partial charge on any atom is 2.00 e. The molecule has 0 aliphatic rings. The van der Waals surface area contributed by atoms with Crippen LogP contribution in [0.1, 0.15) is 47.5 Å². The number of hydrogen-bond donors (Lipinski definition) is 0. The van der Waals surface area contributed by atoms with Gasteiger partial charge in [-0.2, -0.15) is 17.2 Å². The number of benzene rings is 4. The van der Waals surface area contributed by atoms with Crippen LogP contribution < -0.4 is 4.74 Å². The van der Waals surface area contributed by atoms with Gasteiger partial charge in [0, 0.05) is 34.5 Å². The Morgan fingerprint density at radius 2 is 1.46 bits per heavy atom. The van der Waals surface area contributed by atoms with Gasteiger partial charge in [0.15, 0.2) is 0 Å². The molecule has 3 aromatic heterocycles. The molecule has 0 bridgehead atoms. The maximum atomic E-state index is 6.42. The Bertz CT molecular complexity index is 2200. The molecular formula is C40H36N4OPt. The summed E-state index contributed by atoms with van der Waals surface area (Å²) in [4.78, 5) is 4.69. The Kier molecular flexibility index (Phi) is 8.72. The van der Waals surface area contributed by atoms with E-state index in [0.717, 1.165) is 63.1 Å². The molecule has 4 aromatic carbocycles. The van der Waals surface area contributed by atoms with E-state index in [1.165, 1.54) is 27.8 Å². The first-order valence-corrected chi connectivity index (χ1v) is 15.6. The second kappa shape index (κ2) is 12.7. The Morgan fingerprint density at radius 3 is 2.20 bits per heavy atom. The quantitative estimate of drug-likeness (QED) is 0.151. The number of aryl methyl sites for hydroxylation is 5. The SMILES string of the molecule is CCc1cc(C)cc(CC)c1-c1c(C)nn(-c2[c-]c(Oc3[c-]c4c(cc3)c3ccccc3n4-c3cc(C)ccn3)ccc2)c1C.[Pt+2]. The van der Waals surface area contributed by atoms with Crippen molar-refractivity contribution in [1.29, 1.82) is 0 Å². The summed E-state index contributed by atoms with van der Waals surface area (Å²) in [5.41, 5.74) is 12.7. The summed E-state index contributed by atoms with van der Waals surface area (Å²) >= 11 is 0. The van der Waals surface area contributed by atoms with Crippen LogP contribution in [0.4, 0.5) is 0 Å². The van der Waals surface area contributed by atoms with E-state index in [1.807, 2.05) is 41.2 Å². The number of para-hydroxylation sites is 1. The molecule has 3 heterocycles. The fourth-order valence-corrected chi connectivity index (χ4v) is 6.61. The van der Waals surface area contributed by atoms with Crippen molar-refractivity contribution in [1.82, 2.24) is 19.3 Å². The van der Waals surface area contributed by atoms with E-state index < -0.39 is 0 Å². The fourth-order valence-electron chi connectivity index (χ4n) is 6.61. The average molecular weight is 784 g/mol. The number of ether oxygens (including phenoxy) is 1. The molecule has 7 aromatic rings. The first kappa shape index (κ1) is 31.5. The van der Waals surface area contributed by atoms with Crippen molar-refractivity contribution in [3.05, 3.63) is 131 Å². The molecule has 0 unspecified atom stereocenters. The summed E-state index contributed by atoms with van der Waals surface area (Å²) < 4.78 is 10.6. The molecule has 0 spiro atoms. The molecule has 0 aliphatic heterocycles. The monoisotopic (exact) mass is 783 g/mol. The molecule has 46 heavy (non-hydrogen) atoms. The summed E-state index contributed by atoms with van der Waals surface area (Å²) in [6.45, 7) is 13.0. The summed E-state index contributed by atoms with van der Waals surface area (Å²) in [5.74, 6) is 2.07. The minimum Gasteiger partial charge on any atom is -0.509 e. The van der Waals surface area contributed by atoms with E-state index in [0.29, 0.717) is 11.5 Å². The number of rotatable bonds is 7. The van der Waals surface area contributed by atoms with Crippen molar-refractivity contribution in [2.75, 3.05) is 0 Å². The normalized spacial score (nSPS) is 11.3. The van der Waals surface area contributed by atoms with Crippen molar-refractivity contribution in [2.45, 2.75) is 54.4 Å². The smallest absolute Gasteiger partial charge is 0.509 e. The molecule has 0 saturated carbocycles. The molecule has 0 N–H and O–H groups in total. The predicted octanol–water partition coefficient (Wildman–Crippen LogP) is 9.78. The van der Waals surface area contributed by atoms with Gasteiger partial charge in [-0.05, 0) is 92.1 Å². The van der Waals surface area contributed by atoms with Crippen molar-refractivity contribution >= 4 is 21.8 Å². The van der Waals surface area contributed by atoms with Crippen LogP contribution in [-0.4, -0.2) is 19.3 Å². The molecule has 0 radical (unpaired) electrons. The van der Waals surface area contributed by atoms with Gasteiger partial charge in [-0.3, -0.25) is 4.68 Å². The number of hydrogen-bond acceptors (Lipinski definition) is 3. The number of pyridine rings is 1. The van der Waals surface area contributed by atoms with Gasteiger partial charge >= 0.3 is 21.1 Å².